The maximum Gasteiger partial charge on any atom is 0.185 e. The Kier molecular flexibility index (Phi) is 3.01. The Morgan fingerprint density at radius 3 is 2.67 bits per heavy atom. The summed E-state index contributed by atoms with van der Waals surface area (Å²) < 4.78 is 1.95. The van der Waals surface area contributed by atoms with Crippen molar-refractivity contribution in [3.05, 3.63) is 59.4 Å². The van der Waals surface area contributed by atoms with Gasteiger partial charge in [0.1, 0.15) is 5.75 Å². The fourth-order valence-corrected chi connectivity index (χ4v) is 4.13. The molecule has 0 atom stereocenters. The molecule has 1 fully saturated rings. The molecule has 2 aliphatic rings. The standard InChI is InChI=1S/C21H19N5O/c27-16-8-7-13-9-10-25(12-15(13)11-16)21-18-4-2-1-3-17(18)20-23-22-19(14-5-6-14)26(20)24-21/h1-4,7-8,11,14,27H,5-6,9-10,12H2. The van der Waals surface area contributed by atoms with Crippen molar-refractivity contribution < 1.29 is 5.11 Å². The van der Waals surface area contributed by atoms with Crippen LogP contribution in [0.2, 0.25) is 0 Å². The average molecular weight is 357 g/mol. The van der Waals surface area contributed by atoms with Crippen LogP contribution in [0.5, 0.6) is 5.75 Å². The molecule has 2 aromatic carbocycles. The van der Waals surface area contributed by atoms with Crippen LogP contribution in [0.15, 0.2) is 42.5 Å². The predicted octanol–water partition coefficient (Wildman–Crippen LogP) is 3.42. The molecule has 6 heteroatoms. The molecule has 0 amide bonds. The summed E-state index contributed by atoms with van der Waals surface area (Å²) in [5.41, 5.74) is 3.31. The van der Waals surface area contributed by atoms with E-state index in [9.17, 15) is 5.11 Å². The van der Waals surface area contributed by atoms with Crippen molar-refractivity contribution in [1.82, 2.24) is 19.8 Å². The van der Waals surface area contributed by atoms with Crippen molar-refractivity contribution in [2.24, 2.45) is 0 Å². The van der Waals surface area contributed by atoms with E-state index in [0.29, 0.717) is 11.7 Å². The highest BCUT2D eigenvalue weighted by molar-refractivity contribution is 6.00. The Morgan fingerprint density at radius 1 is 0.963 bits per heavy atom. The maximum atomic E-state index is 9.88. The summed E-state index contributed by atoms with van der Waals surface area (Å²) in [6.45, 7) is 1.65. The van der Waals surface area contributed by atoms with Gasteiger partial charge in [-0.3, -0.25) is 0 Å². The first-order valence-electron chi connectivity index (χ1n) is 9.48. The summed E-state index contributed by atoms with van der Waals surface area (Å²) >= 11 is 0. The number of phenols is 1. The summed E-state index contributed by atoms with van der Waals surface area (Å²) in [6.07, 6.45) is 3.28. The number of fused-ring (bicyclic) bond motifs is 4. The van der Waals surface area contributed by atoms with Crippen LogP contribution in [-0.2, 0) is 13.0 Å². The second kappa shape index (κ2) is 5.42. The van der Waals surface area contributed by atoms with E-state index in [0.717, 1.165) is 47.6 Å². The first kappa shape index (κ1) is 15.0. The van der Waals surface area contributed by atoms with Crippen LogP contribution in [0.1, 0.15) is 35.7 Å². The number of aromatic nitrogens is 4. The fraction of sp³-hybridized carbons (Fsp3) is 0.286. The molecule has 0 radical (unpaired) electrons. The van der Waals surface area contributed by atoms with Crippen molar-refractivity contribution in [1.29, 1.82) is 0 Å². The maximum absolute atomic E-state index is 9.88. The Bertz CT molecular complexity index is 1190. The third-order valence-corrected chi connectivity index (χ3v) is 5.71. The van der Waals surface area contributed by atoms with E-state index in [-0.39, 0.29) is 0 Å². The predicted molar refractivity (Wildman–Crippen MR) is 103 cm³/mol. The Hall–Kier alpha value is -3.15. The summed E-state index contributed by atoms with van der Waals surface area (Å²) in [6, 6.07) is 14.0. The lowest BCUT2D eigenvalue weighted by molar-refractivity contribution is 0.473. The number of hydrogen-bond donors (Lipinski definition) is 1. The molecular formula is C21H19N5O. The molecule has 1 saturated carbocycles. The van der Waals surface area contributed by atoms with Gasteiger partial charge in [-0.05, 0) is 42.5 Å². The number of nitrogens with zero attached hydrogens (tertiary/aromatic N) is 5. The molecule has 6 rings (SSSR count). The van der Waals surface area contributed by atoms with E-state index in [1.165, 1.54) is 24.0 Å². The molecule has 0 saturated heterocycles. The van der Waals surface area contributed by atoms with Gasteiger partial charge in [0.2, 0.25) is 0 Å². The largest absolute Gasteiger partial charge is 0.508 e. The molecular weight excluding hydrogens is 338 g/mol. The normalized spacial score (nSPS) is 16.8. The molecule has 4 aromatic rings. The zero-order chi connectivity index (χ0) is 18.0. The molecule has 0 bridgehead atoms. The Morgan fingerprint density at radius 2 is 1.81 bits per heavy atom. The van der Waals surface area contributed by atoms with Crippen molar-refractivity contribution in [2.45, 2.75) is 31.7 Å². The molecule has 6 nitrogen and oxygen atoms in total. The van der Waals surface area contributed by atoms with E-state index >= 15 is 0 Å². The van der Waals surface area contributed by atoms with Crippen LogP contribution >= 0.6 is 0 Å². The second-order valence-electron chi connectivity index (χ2n) is 7.56. The summed E-state index contributed by atoms with van der Waals surface area (Å²) in [4.78, 5) is 2.31. The zero-order valence-electron chi connectivity index (χ0n) is 14.8. The van der Waals surface area contributed by atoms with Gasteiger partial charge in [0.15, 0.2) is 17.3 Å². The van der Waals surface area contributed by atoms with E-state index in [1.807, 2.05) is 28.8 Å². The van der Waals surface area contributed by atoms with E-state index < -0.39 is 0 Å². The van der Waals surface area contributed by atoms with E-state index in [4.69, 9.17) is 5.10 Å². The summed E-state index contributed by atoms with van der Waals surface area (Å²) in [5.74, 6) is 2.75. The van der Waals surface area contributed by atoms with Gasteiger partial charge in [-0.25, -0.2) is 0 Å². The Balaban J connectivity index is 1.55. The molecule has 1 aliphatic heterocycles. The summed E-state index contributed by atoms with van der Waals surface area (Å²) in [7, 11) is 0. The first-order chi connectivity index (χ1) is 13.3. The molecule has 0 spiro atoms. The summed E-state index contributed by atoms with van der Waals surface area (Å²) in [5, 5.41) is 25.9. The van der Waals surface area contributed by atoms with Gasteiger partial charge in [-0.1, -0.05) is 30.3 Å². The van der Waals surface area contributed by atoms with Crippen LogP contribution in [0.4, 0.5) is 5.82 Å². The van der Waals surface area contributed by atoms with Crippen LogP contribution in [-0.4, -0.2) is 31.5 Å². The second-order valence-corrected chi connectivity index (χ2v) is 7.56. The lowest BCUT2D eigenvalue weighted by atomic mass is 9.99. The van der Waals surface area contributed by atoms with Gasteiger partial charge in [-0.2, -0.15) is 4.52 Å². The number of anilines is 1. The highest BCUT2D eigenvalue weighted by Crippen LogP contribution is 2.40. The van der Waals surface area contributed by atoms with Crippen LogP contribution in [0.3, 0.4) is 0 Å². The molecule has 0 unspecified atom stereocenters. The quantitative estimate of drug-likeness (QED) is 0.595. The van der Waals surface area contributed by atoms with E-state index in [1.54, 1.807) is 6.07 Å². The number of hydrogen-bond acceptors (Lipinski definition) is 5. The molecule has 27 heavy (non-hydrogen) atoms. The molecule has 134 valence electrons. The van der Waals surface area contributed by atoms with Gasteiger partial charge < -0.3 is 10.0 Å². The van der Waals surface area contributed by atoms with Crippen molar-refractivity contribution in [3.63, 3.8) is 0 Å². The van der Waals surface area contributed by atoms with Gasteiger partial charge in [0.05, 0.1) is 0 Å². The number of rotatable bonds is 2. The lowest BCUT2D eigenvalue weighted by Gasteiger charge is -2.30. The topological polar surface area (TPSA) is 66.5 Å². The third-order valence-electron chi connectivity index (χ3n) is 5.71. The first-order valence-corrected chi connectivity index (χ1v) is 9.48. The minimum atomic E-state index is 0.318. The third kappa shape index (κ3) is 2.29. The molecule has 1 N–H and O–H groups in total. The van der Waals surface area contributed by atoms with Gasteiger partial charge in [0.25, 0.3) is 0 Å². The smallest absolute Gasteiger partial charge is 0.185 e. The van der Waals surface area contributed by atoms with Gasteiger partial charge >= 0.3 is 0 Å². The van der Waals surface area contributed by atoms with Crippen molar-refractivity contribution >= 4 is 22.2 Å². The van der Waals surface area contributed by atoms with Crippen molar-refractivity contribution in [3.8, 4) is 5.75 Å². The Labute approximate surface area is 156 Å². The number of benzene rings is 2. The zero-order valence-corrected chi connectivity index (χ0v) is 14.8. The van der Waals surface area contributed by atoms with Gasteiger partial charge in [-0.15, -0.1) is 15.3 Å². The molecule has 1 aliphatic carbocycles. The molecule has 3 heterocycles. The fourth-order valence-electron chi connectivity index (χ4n) is 4.13. The SMILES string of the molecule is Oc1ccc2c(c1)CN(c1nn3c(C4CC4)nnc3c3ccccc13)CC2. The minimum Gasteiger partial charge on any atom is -0.508 e. The average Bonchev–Trinajstić information content (AvgIpc) is 3.45. The lowest BCUT2D eigenvalue weighted by Crippen LogP contribution is -2.31. The van der Waals surface area contributed by atoms with Crippen LogP contribution in [0.25, 0.3) is 16.4 Å². The van der Waals surface area contributed by atoms with Crippen LogP contribution in [0, 0.1) is 0 Å². The minimum absolute atomic E-state index is 0.318. The van der Waals surface area contributed by atoms with E-state index in [2.05, 4.69) is 27.2 Å². The highest BCUT2D eigenvalue weighted by atomic mass is 16.3. The van der Waals surface area contributed by atoms with Gasteiger partial charge in [0, 0.05) is 29.8 Å². The highest BCUT2D eigenvalue weighted by Gasteiger charge is 2.30. The monoisotopic (exact) mass is 357 g/mol. The number of phenolic OH excluding ortho intramolecular Hbond substituents is 1. The van der Waals surface area contributed by atoms with Crippen LogP contribution < -0.4 is 4.90 Å². The van der Waals surface area contributed by atoms with Crippen molar-refractivity contribution in [2.75, 3.05) is 11.4 Å². The molecule has 2 aromatic heterocycles. The number of aromatic hydroxyl groups is 1.